The molecule has 0 amide bonds. The first-order valence-corrected chi connectivity index (χ1v) is 15.8. The van der Waals surface area contributed by atoms with Gasteiger partial charge in [-0.1, -0.05) is 7.43 Å². The minimum absolute atomic E-state index is 0. The predicted molar refractivity (Wildman–Crippen MR) is 108 cm³/mol. The first kappa shape index (κ1) is 24.2. The van der Waals surface area contributed by atoms with E-state index in [4.69, 9.17) is 0 Å². The quantitative estimate of drug-likeness (QED) is 0.571. The van der Waals surface area contributed by atoms with Gasteiger partial charge in [0, 0.05) is 0 Å². The van der Waals surface area contributed by atoms with Crippen molar-refractivity contribution in [1.29, 1.82) is 0 Å². The van der Waals surface area contributed by atoms with Gasteiger partial charge in [-0.2, -0.15) is 0 Å². The summed E-state index contributed by atoms with van der Waals surface area (Å²) in [6.07, 6.45) is 11.5. The Morgan fingerprint density at radius 3 is 2.04 bits per heavy atom. The zero-order valence-electron chi connectivity index (χ0n) is 15.1. The normalized spacial score (nSPS) is 14.8. The topological polar surface area (TPSA) is 0 Å². The fraction of sp³-hybridized carbons (Fsp3) is 0.250. The van der Waals surface area contributed by atoms with Crippen LogP contribution in [-0.4, -0.2) is 0 Å². The van der Waals surface area contributed by atoms with Crippen LogP contribution in [0.5, 0.6) is 0 Å². The third-order valence-electron chi connectivity index (χ3n) is 5.84. The van der Waals surface area contributed by atoms with Crippen LogP contribution in [0.1, 0.15) is 35.0 Å². The van der Waals surface area contributed by atoms with Crippen LogP contribution in [0.3, 0.4) is 0 Å². The molecule has 3 heteroatoms. The van der Waals surface area contributed by atoms with Gasteiger partial charge in [-0.25, -0.2) is 0 Å². The average molecular weight is 479 g/mol. The molecular weight excluding hydrogens is 450 g/mol. The van der Waals surface area contributed by atoms with E-state index in [2.05, 4.69) is 84.0 Å². The van der Waals surface area contributed by atoms with Crippen molar-refractivity contribution >= 4 is 0 Å². The number of fused-ring (bicyclic) bond motifs is 3. The van der Waals surface area contributed by atoms with Crippen LogP contribution in [-0.2, 0) is 20.3 Å². The van der Waals surface area contributed by atoms with Crippen LogP contribution in [0.2, 0.25) is 8.76 Å². The van der Waals surface area contributed by atoms with Gasteiger partial charge < -0.3 is 24.8 Å². The Bertz CT molecular complexity index is 807. The molecule has 0 saturated heterocycles. The molecule has 0 nitrogen and oxygen atoms in total. The van der Waals surface area contributed by atoms with Crippen molar-refractivity contribution in [2.45, 2.75) is 32.7 Å². The number of hydrogen-bond acceptors (Lipinski definition) is 0. The van der Waals surface area contributed by atoms with Crippen LogP contribution >= 0.6 is 0 Å². The van der Waals surface area contributed by atoms with Gasteiger partial charge in [0.1, 0.15) is 0 Å². The Labute approximate surface area is 181 Å². The molecule has 0 N–H and O–H groups in total. The van der Waals surface area contributed by atoms with Crippen molar-refractivity contribution in [3.05, 3.63) is 93.8 Å². The standard InChI is InChI=1S/C13H9.C5H5.C4H7.CH4.CH3.2ClH.Zr/c1-3-7-12-10(5-1)9-11-6-2-4-8-13(11)12;1-2-4-5-3-1;1-3-4-2;;;;;/h1-9H;1-3H,4H2;3H,1-2,4H2;1H4;1H3;2*1H;/q;;;;;;;+2/p-2. The Morgan fingerprint density at radius 2 is 1.56 bits per heavy atom. The van der Waals surface area contributed by atoms with E-state index in [1.807, 2.05) is 0 Å². The molecule has 27 heavy (non-hydrogen) atoms. The zero-order valence-corrected chi connectivity index (χ0v) is 19.1. The molecule has 2 aromatic rings. The summed E-state index contributed by atoms with van der Waals surface area (Å²) in [5.41, 5.74) is 6.08. The Hall–Kier alpha value is -0.877. The van der Waals surface area contributed by atoms with Gasteiger partial charge in [0.25, 0.3) is 0 Å². The molecule has 0 aromatic heterocycles. The summed E-state index contributed by atoms with van der Waals surface area (Å²) in [6.45, 7) is 4.00. The number of rotatable bonds is 5. The fourth-order valence-electron chi connectivity index (χ4n) is 4.60. The Kier molecular flexibility index (Phi) is 9.00. The van der Waals surface area contributed by atoms with Crippen molar-refractivity contribution in [2.75, 3.05) is 0 Å². The molecule has 0 radical (unpaired) electrons. The third-order valence-corrected chi connectivity index (χ3v) is 18.3. The van der Waals surface area contributed by atoms with E-state index in [0.29, 0.717) is 3.63 Å². The summed E-state index contributed by atoms with van der Waals surface area (Å²) in [4.78, 5) is 0. The molecule has 2 aliphatic carbocycles. The average Bonchev–Trinajstić information content (AvgIpc) is 3.26. The zero-order chi connectivity index (χ0) is 16.6. The van der Waals surface area contributed by atoms with E-state index in [0.717, 1.165) is 6.42 Å². The van der Waals surface area contributed by atoms with Crippen LogP contribution in [0.25, 0.3) is 11.1 Å². The van der Waals surface area contributed by atoms with E-state index in [-0.39, 0.29) is 32.2 Å². The summed E-state index contributed by atoms with van der Waals surface area (Å²) in [5, 5.41) is 0. The number of benzene rings is 2. The van der Waals surface area contributed by atoms with Crippen molar-refractivity contribution in [3.63, 3.8) is 0 Å². The monoisotopic (exact) mass is 476 g/mol. The summed E-state index contributed by atoms with van der Waals surface area (Å²) in [6, 6.07) is 18.2. The molecule has 0 bridgehead atoms. The number of halogens is 2. The molecule has 142 valence electrons. The summed E-state index contributed by atoms with van der Waals surface area (Å²) in [7, 11) is 0. The minimum atomic E-state index is -2.60. The van der Waals surface area contributed by atoms with Crippen molar-refractivity contribution in [2.24, 2.45) is 0 Å². The molecule has 1 atom stereocenters. The first-order valence-electron chi connectivity index (χ1n) is 8.91. The van der Waals surface area contributed by atoms with Crippen LogP contribution in [0.4, 0.5) is 0 Å². The molecule has 0 spiro atoms. The van der Waals surface area contributed by atoms with Crippen molar-refractivity contribution in [1.82, 2.24) is 0 Å². The maximum absolute atomic E-state index is 4.00. The largest absolute Gasteiger partial charge is 1.00 e. The maximum Gasteiger partial charge on any atom is -1.00 e. The Morgan fingerprint density at radius 1 is 1.00 bits per heavy atom. The minimum Gasteiger partial charge on any atom is -1.00 e. The van der Waals surface area contributed by atoms with Crippen LogP contribution in [0.15, 0.2) is 82.7 Å². The van der Waals surface area contributed by atoms with Gasteiger partial charge in [-0.05, 0) is 0 Å². The predicted octanol–water partition coefficient (Wildman–Crippen LogP) is 1.44. The van der Waals surface area contributed by atoms with Gasteiger partial charge in [-0.15, -0.1) is 0 Å². The summed E-state index contributed by atoms with van der Waals surface area (Å²) in [5.74, 6) is 0. The molecular formula is C24H28Cl2Zr. The van der Waals surface area contributed by atoms with Crippen LogP contribution < -0.4 is 24.8 Å². The van der Waals surface area contributed by atoms with Crippen LogP contribution in [0, 0.1) is 0 Å². The van der Waals surface area contributed by atoms with Gasteiger partial charge >= 0.3 is 150 Å². The molecule has 2 aliphatic rings. The molecule has 2 aromatic carbocycles. The molecule has 0 heterocycles. The molecule has 0 aliphatic heterocycles. The fourth-order valence-corrected chi connectivity index (χ4v) is 16.2. The molecule has 0 saturated carbocycles. The van der Waals surface area contributed by atoms with E-state index < -0.39 is 20.3 Å². The number of hydrogen-bond donors (Lipinski definition) is 0. The van der Waals surface area contributed by atoms with Gasteiger partial charge in [0.15, 0.2) is 0 Å². The Balaban J connectivity index is 0.00000121. The number of allylic oxidation sites excluding steroid dienone is 5. The third kappa shape index (κ3) is 4.12. The first-order chi connectivity index (χ1) is 11.8. The van der Waals surface area contributed by atoms with Gasteiger partial charge in [-0.3, -0.25) is 0 Å². The van der Waals surface area contributed by atoms with E-state index in [1.54, 1.807) is 14.4 Å². The molecule has 1 unspecified atom stereocenters. The summed E-state index contributed by atoms with van der Waals surface area (Å²) < 4.78 is 6.42. The van der Waals surface area contributed by atoms with Crippen molar-refractivity contribution in [3.8, 4) is 11.1 Å². The molecule has 4 rings (SSSR count). The van der Waals surface area contributed by atoms with E-state index >= 15 is 0 Å². The molecule has 0 fully saturated rings. The van der Waals surface area contributed by atoms with E-state index in [9.17, 15) is 0 Å². The smallest absolute Gasteiger partial charge is 1.00 e. The van der Waals surface area contributed by atoms with E-state index in [1.165, 1.54) is 21.7 Å². The second-order valence-electron chi connectivity index (χ2n) is 7.18. The second kappa shape index (κ2) is 10.1. The summed E-state index contributed by atoms with van der Waals surface area (Å²) >= 11 is -2.60. The SMILES string of the molecule is C.C=CC[CH2][Zr+2]([CH3])([C]1=CC=CC1)[CH]1c2ccccc2-c2ccccc21.[Cl-].[Cl-]. The second-order valence-corrected chi connectivity index (χ2v) is 18.4. The van der Waals surface area contributed by atoms with Gasteiger partial charge in [0.05, 0.1) is 0 Å². The maximum atomic E-state index is 4.00. The van der Waals surface area contributed by atoms with Crippen molar-refractivity contribution < 1.29 is 45.1 Å². The van der Waals surface area contributed by atoms with Gasteiger partial charge in [0.2, 0.25) is 0 Å².